The van der Waals surface area contributed by atoms with Crippen LogP contribution < -0.4 is 5.32 Å². The maximum Gasteiger partial charge on any atom is 0.295 e. The Morgan fingerprint density at radius 3 is 2.71 bits per heavy atom. The van der Waals surface area contributed by atoms with E-state index in [-0.39, 0.29) is 22.4 Å². The standard InChI is InChI=1S/C14H11BrClFN2O2/c1-8(9-3-2-4-10(15)5-9)18-13-6-11(16)12(17)7-14(13)19(20)21/h2-8,18H,1H3. The van der Waals surface area contributed by atoms with Gasteiger partial charge in [-0.1, -0.05) is 39.7 Å². The molecule has 0 radical (unpaired) electrons. The summed E-state index contributed by atoms with van der Waals surface area (Å²) in [5, 5.41) is 13.8. The first-order valence-electron chi connectivity index (χ1n) is 6.04. The minimum absolute atomic E-state index is 0.162. The summed E-state index contributed by atoms with van der Waals surface area (Å²) in [5.41, 5.74) is 0.761. The summed E-state index contributed by atoms with van der Waals surface area (Å²) in [4.78, 5) is 10.4. The molecule has 0 amide bonds. The maximum absolute atomic E-state index is 13.4. The van der Waals surface area contributed by atoms with Crippen LogP contribution in [0.1, 0.15) is 18.5 Å². The number of nitrogens with one attached hydrogen (secondary N) is 1. The lowest BCUT2D eigenvalue weighted by Gasteiger charge is -2.16. The molecule has 0 aliphatic carbocycles. The number of nitrogens with zero attached hydrogens (tertiary/aromatic N) is 1. The molecular formula is C14H11BrClFN2O2. The third-order valence-electron chi connectivity index (χ3n) is 2.96. The molecule has 1 N–H and O–H groups in total. The normalized spacial score (nSPS) is 12.0. The molecule has 2 rings (SSSR count). The van der Waals surface area contributed by atoms with Crippen molar-refractivity contribution in [2.24, 2.45) is 0 Å². The molecule has 4 nitrogen and oxygen atoms in total. The molecule has 0 aliphatic heterocycles. The molecule has 110 valence electrons. The van der Waals surface area contributed by atoms with E-state index < -0.39 is 10.7 Å². The van der Waals surface area contributed by atoms with Gasteiger partial charge in [0.25, 0.3) is 5.69 Å². The van der Waals surface area contributed by atoms with E-state index in [4.69, 9.17) is 11.6 Å². The van der Waals surface area contributed by atoms with E-state index in [1.165, 1.54) is 6.07 Å². The molecule has 0 saturated heterocycles. The second kappa shape index (κ2) is 6.41. The van der Waals surface area contributed by atoms with Crippen LogP contribution in [0.4, 0.5) is 15.8 Å². The Balaban J connectivity index is 2.34. The highest BCUT2D eigenvalue weighted by Gasteiger charge is 2.19. The van der Waals surface area contributed by atoms with E-state index in [1.807, 2.05) is 31.2 Å². The molecule has 7 heteroatoms. The van der Waals surface area contributed by atoms with Gasteiger partial charge in [0.15, 0.2) is 0 Å². The number of nitro benzene ring substituents is 1. The lowest BCUT2D eigenvalue weighted by molar-refractivity contribution is -0.384. The molecule has 0 fully saturated rings. The van der Waals surface area contributed by atoms with Crippen molar-refractivity contribution in [2.45, 2.75) is 13.0 Å². The molecule has 0 bridgehead atoms. The van der Waals surface area contributed by atoms with E-state index in [0.29, 0.717) is 0 Å². The van der Waals surface area contributed by atoms with E-state index in [1.54, 1.807) is 0 Å². The van der Waals surface area contributed by atoms with Gasteiger partial charge < -0.3 is 5.32 Å². The fourth-order valence-electron chi connectivity index (χ4n) is 1.90. The molecule has 0 aliphatic rings. The molecule has 2 aromatic rings. The van der Waals surface area contributed by atoms with Crippen LogP contribution in [-0.4, -0.2) is 4.92 Å². The quantitative estimate of drug-likeness (QED) is 0.582. The first kappa shape index (κ1) is 15.7. The van der Waals surface area contributed by atoms with Crippen LogP contribution in [0, 0.1) is 15.9 Å². The average molecular weight is 374 g/mol. The molecule has 0 aromatic heterocycles. The van der Waals surface area contributed by atoms with E-state index >= 15 is 0 Å². The smallest absolute Gasteiger partial charge is 0.295 e. The second-order valence-electron chi connectivity index (χ2n) is 4.46. The van der Waals surface area contributed by atoms with Crippen molar-refractivity contribution in [3.8, 4) is 0 Å². The Bertz CT molecular complexity index is 697. The van der Waals surface area contributed by atoms with Crippen LogP contribution in [0.2, 0.25) is 5.02 Å². The Kier molecular flexibility index (Phi) is 4.80. The molecule has 2 aromatic carbocycles. The average Bonchev–Trinajstić information content (AvgIpc) is 2.42. The molecule has 1 unspecified atom stereocenters. The predicted molar refractivity (Wildman–Crippen MR) is 84.2 cm³/mol. The summed E-state index contributed by atoms with van der Waals surface area (Å²) in [6.07, 6.45) is 0. The van der Waals surface area contributed by atoms with Gasteiger partial charge in [-0.15, -0.1) is 0 Å². The van der Waals surface area contributed by atoms with Crippen LogP contribution in [0.3, 0.4) is 0 Å². The summed E-state index contributed by atoms with van der Waals surface area (Å²) in [6.45, 7) is 1.85. The molecule has 1 atom stereocenters. The van der Waals surface area contributed by atoms with Crippen LogP contribution >= 0.6 is 27.5 Å². The summed E-state index contributed by atoms with van der Waals surface area (Å²) in [6, 6.07) is 9.37. The number of anilines is 1. The minimum Gasteiger partial charge on any atom is -0.373 e. The molecule has 0 saturated carbocycles. The number of nitro groups is 1. The van der Waals surface area contributed by atoms with Gasteiger partial charge in [-0.05, 0) is 30.7 Å². The number of benzene rings is 2. The lowest BCUT2D eigenvalue weighted by atomic mass is 10.1. The maximum atomic E-state index is 13.4. The minimum atomic E-state index is -0.816. The van der Waals surface area contributed by atoms with Gasteiger partial charge in [0.1, 0.15) is 11.5 Å². The van der Waals surface area contributed by atoms with Gasteiger partial charge in [-0.2, -0.15) is 0 Å². The van der Waals surface area contributed by atoms with E-state index in [0.717, 1.165) is 16.1 Å². The highest BCUT2D eigenvalue weighted by Crippen LogP contribution is 2.33. The van der Waals surface area contributed by atoms with Crippen molar-refractivity contribution in [3.05, 3.63) is 67.4 Å². The zero-order valence-corrected chi connectivity index (χ0v) is 13.3. The second-order valence-corrected chi connectivity index (χ2v) is 5.78. The summed E-state index contributed by atoms with van der Waals surface area (Å²) in [5.74, 6) is -0.816. The van der Waals surface area contributed by atoms with Gasteiger partial charge in [0.2, 0.25) is 0 Å². The SMILES string of the molecule is CC(Nc1cc(Cl)c(F)cc1[N+](=O)[O-])c1cccc(Br)c1. The number of halogens is 3. The van der Waals surface area contributed by atoms with Crippen LogP contribution in [0.5, 0.6) is 0 Å². The molecule has 21 heavy (non-hydrogen) atoms. The monoisotopic (exact) mass is 372 g/mol. The first-order valence-corrected chi connectivity index (χ1v) is 7.21. The van der Waals surface area contributed by atoms with Crippen molar-refractivity contribution in [1.29, 1.82) is 0 Å². The summed E-state index contributed by atoms with van der Waals surface area (Å²) < 4.78 is 14.3. The fourth-order valence-corrected chi connectivity index (χ4v) is 2.48. The largest absolute Gasteiger partial charge is 0.373 e. The Hall–Kier alpha value is -1.66. The third-order valence-corrected chi connectivity index (χ3v) is 3.74. The highest BCUT2D eigenvalue weighted by molar-refractivity contribution is 9.10. The number of hydrogen-bond donors (Lipinski definition) is 1. The summed E-state index contributed by atoms with van der Waals surface area (Å²) >= 11 is 9.07. The Labute approximate surface area is 134 Å². The molecule has 0 heterocycles. The topological polar surface area (TPSA) is 55.2 Å². The molecule has 0 spiro atoms. The first-order chi connectivity index (χ1) is 9.88. The zero-order chi connectivity index (χ0) is 15.6. The predicted octanol–water partition coefficient (Wildman–Crippen LogP) is 5.32. The Morgan fingerprint density at radius 1 is 1.38 bits per heavy atom. The van der Waals surface area contributed by atoms with Crippen molar-refractivity contribution in [1.82, 2.24) is 0 Å². The number of hydrogen-bond acceptors (Lipinski definition) is 3. The Morgan fingerprint density at radius 2 is 2.10 bits per heavy atom. The van der Waals surface area contributed by atoms with Crippen molar-refractivity contribution in [2.75, 3.05) is 5.32 Å². The fraction of sp³-hybridized carbons (Fsp3) is 0.143. The third kappa shape index (κ3) is 3.71. The molecular weight excluding hydrogens is 363 g/mol. The zero-order valence-electron chi connectivity index (χ0n) is 10.9. The number of rotatable bonds is 4. The van der Waals surface area contributed by atoms with Crippen molar-refractivity contribution in [3.63, 3.8) is 0 Å². The van der Waals surface area contributed by atoms with Gasteiger partial charge in [-0.25, -0.2) is 4.39 Å². The van der Waals surface area contributed by atoms with Gasteiger partial charge in [0.05, 0.1) is 16.0 Å². The van der Waals surface area contributed by atoms with E-state index in [2.05, 4.69) is 21.2 Å². The summed E-state index contributed by atoms with van der Waals surface area (Å²) in [7, 11) is 0. The van der Waals surface area contributed by atoms with Crippen molar-refractivity contribution < 1.29 is 9.31 Å². The lowest BCUT2D eigenvalue weighted by Crippen LogP contribution is -2.08. The van der Waals surface area contributed by atoms with Crippen LogP contribution in [-0.2, 0) is 0 Å². The van der Waals surface area contributed by atoms with Crippen LogP contribution in [0.15, 0.2) is 40.9 Å². The highest BCUT2D eigenvalue weighted by atomic mass is 79.9. The van der Waals surface area contributed by atoms with Crippen LogP contribution in [0.25, 0.3) is 0 Å². The van der Waals surface area contributed by atoms with Gasteiger partial charge >= 0.3 is 0 Å². The van der Waals surface area contributed by atoms with Gasteiger partial charge in [-0.3, -0.25) is 10.1 Å². The van der Waals surface area contributed by atoms with Gasteiger partial charge in [0, 0.05) is 10.5 Å². The van der Waals surface area contributed by atoms with Crippen molar-refractivity contribution >= 4 is 38.9 Å². The van der Waals surface area contributed by atoms with E-state index in [9.17, 15) is 14.5 Å².